The number of aliphatic hydroxyl groups is 1. The van der Waals surface area contributed by atoms with Crippen LogP contribution in [0.5, 0.6) is 0 Å². The molecule has 1 atom stereocenters. The third-order valence-electron chi connectivity index (χ3n) is 3.17. The van der Waals surface area contributed by atoms with Crippen molar-refractivity contribution in [2.45, 2.75) is 12.8 Å². The van der Waals surface area contributed by atoms with E-state index in [1.54, 1.807) is 0 Å². The number of likely N-dealkylation sites (tertiary alicyclic amines) is 1. The molecular weight excluding hydrogens is 329 g/mol. The van der Waals surface area contributed by atoms with E-state index in [0.29, 0.717) is 6.54 Å². The van der Waals surface area contributed by atoms with Crippen molar-refractivity contribution >= 4 is 28.5 Å². The first-order chi connectivity index (χ1) is 8.22. The third kappa shape index (κ3) is 2.98. The second-order valence-corrected chi connectivity index (χ2v) is 5.58. The molecule has 0 radical (unpaired) electrons. The van der Waals surface area contributed by atoms with Crippen LogP contribution >= 0.6 is 22.6 Å². The van der Waals surface area contributed by atoms with Crippen LogP contribution < -0.4 is 0 Å². The molecule has 1 unspecified atom stereocenters. The summed E-state index contributed by atoms with van der Waals surface area (Å²) >= 11 is 2.19. The molecule has 0 aromatic heterocycles. The maximum absolute atomic E-state index is 12.3. The van der Waals surface area contributed by atoms with Crippen molar-refractivity contribution in [3.8, 4) is 0 Å². The Morgan fingerprint density at radius 1 is 1.47 bits per heavy atom. The molecule has 0 spiro atoms. The molecule has 92 valence electrons. The minimum absolute atomic E-state index is 0.0909. The number of piperidine rings is 1. The summed E-state index contributed by atoms with van der Waals surface area (Å²) < 4.78 is 0.987. The Hall–Kier alpha value is -0.620. The van der Waals surface area contributed by atoms with Gasteiger partial charge in [0, 0.05) is 23.3 Å². The second kappa shape index (κ2) is 5.82. The number of benzene rings is 1. The molecule has 1 aliphatic rings. The highest BCUT2D eigenvalue weighted by molar-refractivity contribution is 14.1. The van der Waals surface area contributed by atoms with Crippen LogP contribution in [0.25, 0.3) is 0 Å². The Bertz CT molecular complexity index is 408. The monoisotopic (exact) mass is 345 g/mol. The van der Waals surface area contributed by atoms with E-state index in [9.17, 15) is 9.90 Å². The van der Waals surface area contributed by atoms with E-state index >= 15 is 0 Å². The summed E-state index contributed by atoms with van der Waals surface area (Å²) in [5.41, 5.74) is 0.770. The average Bonchev–Trinajstić information content (AvgIpc) is 2.38. The summed E-state index contributed by atoms with van der Waals surface area (Å²) in [7, 11) is 0. The third-order valence-corrected chi connectivity index (χ3v) is 4.11. The van der Waals surface area contributed by atoms with Crippen LogP contribution in [0.1, 0.15) is 23.2 Å². The number of hydrogen-bond acceptors (Lipinski definition) is 2. The molecule has 1 aromatic carbocycles. The van der Waals surface area contributed by atoms with E-state index in [1.165, 1.54) is 0 Å². The van der Waals surface area contributed by atoms with Gasteiger partial charge in [-0.15, -0.1) is 0 Å². The summed E-state index contributed by atoms with van der Waals surface area (Å²) in [6, 6.07) is 7.64. The first kappa shape index (κ1) is 12.8. The van der Waals surface area contributed by atoms with Crippen LogP contribution in [-0.4, -0.2) is 35.6 Å². The maximum atomic E-state index is 12.3. The van der Waals surface area contributed by atoms with Gasteiger partial charge >= 0.3 is 0 Å². The van der Waals surface area contributed by atoms with Crippen LogP contribution in [-0.2, 0) is 0 Å². The highest BCUT2D eigenvalue weighted by Gasteiger charge is 2.24. The number of carbonyl (C=O) groups is 1. The molecule has 1 heterocycles. The van der Waals surface area contributed by atoms with E-state index < -0.39 is 0 Å². The average molecular weight is 345 g/mol. The predicted octanol–water partition coefficient (Wildman–Crippen LogP) is 2.14. The van der Waals surface area contributed by atoms with Gasteiger partial charge in [0.25, 0.3) is 5.91 Å². The van der Waals surface area contributed by atoms with Crippen molar-refractivity contribution in [2.24, 2.45) is 5.92 Å². The number of amides is 1. The number of rotatable bonds is 2. The topological polar surface area (TPSA) is 40.5 Å². The molecule has 3 nitrogen and oxygen atoms in total. The van der Waals surface area contributed by atoms with Gasteiger partial charge in [-0.05, 0) is 53.5 Å². The molecule has 1 amide bonds. The van der Waals surface area contributed by atoms with Crippen molar-refractivity contribution in [1.29, 1.82) is 0 Å². The van der Waals surface area contributed by atoms with Crippen LogP contribution in [0.4, 0.5) is 0 Å². The summed E-state index contributed by atoms with van der Waals surface area (Å²) in [5.74, 6) is 0.335. The zero-order valence-electron chi connectivity index (χ0n) is 9.60. The SMILES string of the molecule is O=C(c1ccccc1I)N1CCCC(CO)C1. The first-order valence-electron chi connectivity index (χ1n) is 5.87. The van der Waals surface area contributed by atoms with Gasteiger partial charge in [-0.1, -0.05) is 12.1 Å². The van der Waals surface area contributed by atoms with E-state index in [0.717, 1.165) is 28.5 Å². The van der Waals surface area contributed by atoms with Gasteiger partial charge in [0.1, 0.15) is 0 Å². The highest BCUT2D eigenvalue weighted by Crippen LogP contribution is 2.20. The molecule has 2 rings (SSSR count). The zero-order chi connectivity index (χ0) is 12.3. The quantitative estimate of drug-likeness (QED) is 0.835. The highest BCUT2D eigenvalue weighted by atomic mass is 127. The predicted molar refractivity (Wildman–Crippen MR) is 74.9 cm³/mol. The molecule has 0 bridgehead atoms. The summed E-state index contributed by atoms with van der Waals surface area (Å²) in [6.45, 7) is 1.66. The lowest BCUT2D eigenvalue weighted by Crippen LogP contribution is -2.41. The van der Waals surface area contributed by atoms with E-state index in [4.69, 9.17) is 0 Å². The van der Waals surface area contributed by atoms with Crippen molar-refractivity contribution in [3.05, 3.63) is 33.4 Å². The maximum Gasteiger partial charge on any atom is 0.254 e. The Morgan fingerprint density at radius 2 is 2.24 bits per heavy atom. The van der Waals surface area contributed by atoms with Crippen molar-refractivity contribution in [1.82, 2.24) is 4.90 Å². The summed E-state index contributed by atoms with van der Waals surface area (Å²) in [5, 5.41) is 9.18. The molecule has 1 aliphatic heterocycles. The number of aliphatic hydroxyl groups excluding tert-OH is 1. The first-order valence-corrected chi connectivity index (χ1v) is 6.95. The Labute approximate surface area is 115 Å². The van der Waals surface area contributed by atoms with Gasteiger partial charge in [0.15, 0.2) is 0 Å². The van der Waals surface area contributed by atoms with E-state index in [-0.39, 0.29) is 18.4 Å². The molecule has 0 aliphatic carbocycles. The molecule has 1 aromatic rings. The second-order valence-electron chi connectivity index (χ2n) is 4.42. The van der Waals surface area contributed by atoms with Gasteiger partial charge in [0.05, 0.1) is 5.56 Å². The summed E-state index contributed by atoms with van der Waals surface area (Å²) in [4.78, 5) is 14.2. The van der Waals surface area contributed by atoms with E-state index in [2.05, 4.69) is 22.6 Å². The normalized spacial score (nSPS) is 20.4. The zero-order valence-corrected chi connectivity index (χ0v) is 11.8. The molecule has 1 fully saturated rings. The smallest absolute Gasteiger partial charge is 0.254 e. The van der Waals surface area contributed by atoms with Crippen molar-refractivity contribution in [3.63, 3.8) is 0 Å². The molecule has 1 saturated heterocycles. The van der Waals surface area contributed by atoms with Crippen molar-refractivity contribution < 1.29 is 9.90 Å². The molecule has 0 saturated carbocycles. The fourth-order valence-electron chi connectivity index (χ4n) is 2.20. The molecule has 1 N–H and O–H groups in total. The van der Waals surface area contributed by atoms with Gasteiger partial charge in [0.2, 0.25) is 0 Å². The lowest BCUT2D eigenvalue weighted by atomic mass is 9.98. The molecule has 17 heavy (non-hydrogen) atoms. The van der Waals surface area contributed by atoms with E-state index in [1.807, 2.05) is 29.2 Å². The van der Waals surface area contributed by atoms with Gasteiger partial charge < -0.3 is 10.0 Å². The van der Waals surface area contributed by atoms with Gasteiger partial charge in [-0.3, -0.25) is 4.79 Å². The van der Waals surface area contributed by atoms with Crippen LogP contribution in [0.2, 0.25) is 0 Å². The number of halogens is 1. The Morgan fingerprint density at radius 3 is 2.94 bits per heavy atom. The Kier molecular flexibility index (Phi) is 4.39. The number of carbonyl (C=O) groups excluding carboxylic acids is 1. The van der Waals surface area contributed by atoms with Crippen molar-refractivity contribution in [2.75, 3.05) is 19.7 Å². The van der Waals surface area contributed by atoms with Crippen LogP contribution in [0.3, 0.4) is 0 Å². The number of hydrogen-bond donors (Lipinski definition) is 1. The lowest BCUT2D eigenvalue weighted by molar-refractivity contribution is 0.0619. The van der Waals surface area contributed by atoms with Crippen LogP contribution in [0.15, 0.2) is 24.3 Å². The van der Waals surface area contributed by atoms with Crippen LogP contribution in [0, 0.1) is 9.49 Å². The van der Waals surface area contributed by atoms with Gasteiger partial charge in [-0.2, -0.15) is 0 Å². The minimum atomic E-state index is 0.0909. The largest absolute Gasteiger partial charge is 0.396 e. The fourth-order valence-corrected chi connectivity index (χ4v) is 2.82. The standard InChI is InChI=1S/C13H16INO2/c14-12-6-2-1-5-11(12)13(17)15-7-3-4-10(8-15)9-16/h1-2,5-6,10,16H,3-4,7-9H2. The minimum Gasteiger partial charge on any atom is -0.396 e. The fraction of sp³-hybridized carbons (Fsp3) is 0.462. The molecular formula is C13H16INO2. The number of nitrogens with zero attached hydrogens (tertiary/aromatic N) is 1. The Balaban J connectivity index is 2.12. The summed E-state index contributed by atoms with van der Waals surface area (Å²) in [6.07, 6.45) is 2.01. The lowest BCUT2D eigenvalue weighted by Gasteiger charge is -2.32. The molecule has 4 heteroatoms. The van der Waals surface area contributed by atoms with Gasteiger partial charge in [-0.25, -0.2) is 0 Å².